The van der Waals surface area contributed by atoms with Gasteiger partial charge in [0.15, 0.2) is 0 Å². The maximum atomic E-state index is 13.8. The Balaban J connectivity index is 1.80. The van der Waals surface area contributed by atoms with E-state index in [1.54, 1.807) is 6.07 Å². The molecule has 0 spiro atoms. The Bertz CT molecular complexity index is 827. The predicted octanol–water partition coefficient (Wildman–Crippen LogP) is 3.23. The van der Waals surface area contributed by atoms with Gasteiger partial charge in [-0.3, -0.25) is 14.9 Å². The zero-order chi connectivity index (χ0) is 18.0. The number of anilines is 2. The number of aromatic nitrogens is 1. The van der Waals surface area contributed by atoms with E-state index in [0.717, 1.165) is 37.7 Å². The molecule has 8 heteroatoms. The van der Waals surface area contributed by atoms with Crippen LogP contribution in [-0.4, -0.2) is 28.9 Å². The van der Waals surface area contributed by atoms with Gasteiger partial charge in [-0.05, 0) is 30.5 Å². The molecule has 0 unspecified atom stereocenters. The molecule has 1 aliphatic heterocycles. The largest absolute Gasteiger partial charge is 0.356 e. The van der Waals surface area contributed by atoms with Crippen LogP contribution in [0.25, 0.3) is 0 Å². The Kier molecular flexibility index (Phi) is 4.60. The van der Waals surface area contributed by atoms with E-state index in [4.69, 9.17) is 0 Å². The van der Waals surface area contributed by atoms with Crippen molar-refractivity contribution in [3.63, 3.8) is 0 Å². The molecule has 1 N–H and O–H groups in total. The molecular weight excluding hydrogens is 327 g/mol. The van der Waals surface area contributed by atoms with Gasteiger partial charge in [0, 0.05) is 37.0 Å². The Morgan fingerprint density at radius 1 is 1.40 bits per heavy atom. The van der Waals surface area contributed by atoms with Crippen molar-refractivity contribution >= 4 is 23.1 Å². The highest BCUT2D eigenvalue weighted by molar-refractivity contribution is 6.04. The molecule has 1 atom stereocenters. The molecule has 1 fully saturated rings. The van der Waals surface area contributed by atoms with Crippen LogP contribution in [0.3, 0.4) is 0 Å². The minimum absolute atomic E-state index is 0.229. The monoisotopic (exact) mass is 344 g/mol. The molecule has 0 aliphatic carbocycles. The molecule has 1 aliphatic rings. The van der Waals surface area contributed by atoms with Gasteiger partial charge in [-0.1, -0.05) is 6.92 Å². The highest BCUT2D eigenvalue weighted by Gasteiger charge is 2.21. The molecule has 1 amide bonds. The Morgan fingerprint density at radius 3 is 2.88 bits per heavy atom. The third kappa shape index (κ3) is 3.73. The van der Waals surface area contributed by atoms with E-state index in [9.17, 15) is 19.3 Å². The number of hydrogen-bond acceptors (Lipinski definition) is 5. The van der Waals surface area contributed by atoms with Crippen molar-refractivity contribution in [1.29, 1.82) is 0 Å². The lowest BCUT2D eigenvalue weighted by Crippen LogP contribution is -2.21. The number of amides is 1. The second-order valence-electron chi connectivity index (χ2n) is 6.12. The van der Waals surface area contributed by atoms with Crippen molar-refractivity contribution in [3.8, 4) is 0 Å². The average Bonchev–Trinajstić information content (AvgIpc) is 3.03. The fraction of sp³-hybridized carbons (Fsp3) is 0.294. The second-order valence-corrected chi connectivity index (χ2v) is 6.12. The summed E-state index contributed by atoms with van der Waals surface area (Å²) >= 11 is 0. The number of nitro benzene ring substituents is 1. The van der Waals surface area contributed by atoms with Gasteiger partial charge in [0.1, 0.15) is 11.6 Å². The lowest BCUT2D eigenvalue weighted by atomic mass is 10.2. The summed E-state index contributed by atoms with van der Waals surface area (Å²) < 4.78 is 13.8. The van der Waals surface area contributed by atoms with Crippen LogP contribution in [0.2, 0.25) is 0 Å². The molecule has 1 saturated heterocycles. The first-order valence-electron chi connectivity index (χ1n) is 7.90. The number of carbonyl (C=O) groups excluding carboxylic acids is 1. The van der Waals surface area contributed by atoms with Crippen molar-refractivity contribution < 1.29 is 14.1 Å². The molecule has 0 saturated carbocycles. The molecule has 0 radical (unpaired) electrons. The summed E-state index contributed by atoms with van der Waals surface area (Å²) in [6, 6.07) is 6.16. The van der Waals surface area contributed by atoms with Crippen LogP contribution < -0.4 is 10.2 Å². The van der Waals surface area contributed by atoms with Crippen LogP contribution in [0, 0.1) is 21.8 Å². The molecular formula is C17H17FN4O3. The van der Waals surface area contributed by atoms with Gasteiger partial charge in [0.2, 0.25) is 0 Å². The number of non-ortho nitro benzene ring substituents is 1. The van der Waals surface area contributed by atoms with Gasteiger partial charge in [-0.25, -0.2) is 9.37 Å². The summed E-state index contributed by atoms with van der Waals surface area (Å²) in [6.45, 7) is 3.90. The lowest BCUT2D eigenvalue weighted by Gasteiger charge is -2.17. The number of carbonyl (C=O) groups is 1. The number of hydrogen-bond donors (Lipinski definition) is 1. The number of nitro groups is 1. The number of pyridine rings is 1. The summed E-state index contributed by atoms with van der Waals surface area (Å²) in [5.74, 6) is -0.0216. The highest BCUT2D eigenvalue weighted by Crippen LogP contribution is 2.24. The number of nitrogens with one attached hydrogen (secondary N) is 1. The van der Waals surface area contributed by atoms with Crippen molar-refractivity contribution in [1.82, 2.24) is 4.98 Å². The molecule has 2 heterocycles. The van der Waals surface area contributed by atoms with E-state index in [1.807, 2.05) is 0 Å². The first-order valence-corrected chi connectivity index (χ1v) is 7.90. The van der Waals surface area contributed by atoms with E-state index in [-0.39, 0.29) is 11.4 Å². The van der Waals surface area contributed by atoms with Gasteiger partial charge >= 0.3 is 0 Å². The van der Waals surface area contributed by atoms with Crippen LogP contribution in [-0.2, 0) is 0 Å². The van der Waals surface area contributed by atoms with E-state index in [2.05, 4.69) is 22.1 Å². The fourth-order valence-corrected chi connectivity index (χ4v) is 2.79. The van der Waals surface area contributed by atoms with Crippen LogP contribution in [0.5, 0.6) is 0 Å². The Hall–Kier alpha value is -3.03. The SMILES string of the molecule is C[C@H]1CCN(c2cc(C(=O)Nc3cc([N+](=O)[O-])ccc3F)ccn2)C1. The number of benzene rings is 1. The first-order chi connectivity index (χ1) is 11.9. The maximum Gasteiger partial charge on any atom is 0.271 e. The van der Waals surface area contributed by atoms with Crippen molar-refractivity contribution in [3.05, 3.63) is 58.0 Å². The van der Waals surface area contributed by atoms with E-state index in [1.165, 1.54) is 12.3 Å². The molecule has 1 aromatic carbocycles. The zero-order valence-electron chi connectivity index (χ0n) is 13.6. The molecule has 3 rings (SSSR count). The van der Waals surface area contributed by atoms with Gasteiger partial charge in [0.05, 0.1) is 10.6 Å². The standard InChI is InChI=1S/C17H17FN4O3/c1-11-5-7-21(10-11)16-8-12(4-6-19-16)17(23)20-15-9-13(22(24)25)2-3-14(15)18/h2-4,6,8-9,11H,5,7,10H2,1H3,(H,20,23)/t11-/m0/s1. The summed E-state index contributed by atoms with van der Waals surface area (Å²) in [7, 11) is 0. The topological polar surface area (TPSA) is 88.4 Å². The van der Waals surface area contributed by atoms with Gasteiger partial charge < -0.3 is 10.2 Å². The maximum absolute atomic E-state index is 13.8. The molecule has 25 heavy (non-hydrogen) atoms. The van der Waals surface area contributed by atoms with Gasteiger partial charge in [0.25, 0.3) is 11.6 Å². The summed E-state index contributed by atoms with van der Waals surface area (Å²) in [5.41, 5.74) is -0.207. The van der Waals surface area contributed by atoms with Crippen LogP contribution in [0.4, 0.5) is 21.6 Å². The van der Waals surface area contributed by atoms with Gasteiger partial charge in [-0.2, -0.15) is 0 Å². The minimum Gasteiger partial charge on any atom is -0.356 e. The zero-order valence-corrected chi connectivity index (χ0v) is 13.6. The van der Waals surface area contributed by atoms with E-state index >= 15 is 0 Å². The quantitative estimate of drug-likeness (QED) is 0.679. The summed E-state index contributed by atoms with van der Waals surface area (Å²) in [6.07, 6.45) is 2.59. The fourth-order valence-electron chi connectivity index (χ4n) is 2.79. The van der Waals surface area contributed by atoms with E-state index in [0.29, 0.717) is 17.3 Å². The summed E-state index contributed by atoms with van der Waals surface area (Å²) in [5, 5.41) is 13.2. The first kappa shape index (κ1) is 16.8. The lowest BCUT2D eigenvalue weighted by molar-refractivity contribution is -0.384. The highest BCUT2D eigenvalue weighted by atomic mass is 19.1. The van der Waals surface area contributed by atoms with Crippen LogP contribution >= 0.6 is 0 Å². The Morgan fingerprint density at radius 2 is 2.20 bits per heavy atom. The Labute approximate surface area is 143 Å². The summed E-state index contributed by atoms with van der Waals surface area (Å²) in [4.78, 5) is 28.9. The third-order valence-corrected chi connectivity index (χ3v) is 4.16. The van der Waals surface area contributed by atoms with Crippen molar-refractivity contribution in [2.24, 2.45) is 5.92 Å². The minimum atomic E-state index is -0.735. The number of rotatable bonds is 4. The molecule has 7 nitrogen and oxygen atoms in total. The second kappa shape index (κ2) is 6.84. The van der Waals surface area contributed by atoms with Crippen molar-refractivity contribution in [2.45, 2.75) is 13.3 Å². The molecule has 2 aromatic rings. The van der Waals surface area contributed by atoms with Crippen LogP contribution in [0.1, 0.15) is 23.7 Å². The smallest absolute Gasteiger partial charge is 0.271 e. The number of nitrogens with zero attached hydrogens (tertiary/aromatic N) is 3. The molecule has 1 aromatic heterocycles. The molecule has 130 valence electrons. The van der Waals surface area contributed by atoms with Crippen LogP contribution in [0.15, 0.2) is 36.5 Å². The number of halogens is 1. The van der Waals surface area contributed by atoms with E-state index < -0.39 is 16.6 Å². The predicted molar refractivity (Wildman–Crippen MR) is 91.2 cm³/mol. The molecule has 0 bridgehead atoms. The average molecular weight is 344 g/mol. The van der Waals surface area contributed by atoms with Gasteiger partial charge in [-0.15, -0.1) is 0 Å². The normalized spacial score (nSPS) is 16.7. The third-order valence-electron chi connectivity index (χ3n) is 4.16. The van der Waals surface area contributed by atoms with Crippen molar-refractivity contribution in [2.75, 3.05) is 23.3 Å².